The summed E-state index contributed by atoms with van der Waals surface area (Å²) >= 11 is 0. The van der Waals surface area contributed by atoms with Crippen molar-refractivity contribution >= 4 is 5.97 Å². The van der Waals surface area contributed by atoms with Gasteiger partial charge in [0, 0.05) is 6.42 Å². The van der Waals surface area contributed by atoms with Crippen LogP contribution >= 0.6 is 0 Å². The SMILES string of the molecule is Cc1cc(C)cc(CCCCCC(=O)O)c1. The van der Waals surface area contributed by atoms with E-state index in [4.69, 9.17) is 5.11 Å². The normalized spacial score (nSPS) is 10.4. The third kappa shape index (κ3) is 4.96. The number of unbranched alkanes of at least 4 members (excludes halogenated alkanes) is 2. The first-order valence-corrected chi connectivity index (χ1v) is 5.87. The van der Waals surface area contributed by atoms with E-state index in [0.29, 0.717) is 6.42 Å². The summed E-state index contributed by atoms with van der Waals surface area (Å²) < 4.78 is 0. The van der Waals surface area contributed by atoms with Crippen molar-refractivity contribution in [3.05, 3.63) is 34.9 Å². The Hall–Kier alpha value is -1.31. The van der Waals surface area contributed by atoms with Crippen molar-refractivity contribution in [2.45, 2.75) is 46.0 Å². The fourth-order valence-electron chi connectivity index (χ4n) is 2.00. The lowest BCUT2D eigenvalue weighted by Crippen LogP contribution is -1.94. The molecule has 0 atom stereocenters. The van der Waals surface area contributed by atoms with Crippen LogP contribution < -0.4 is 0 Å². The Morgan fingerprint density at radius 1 is 1.06 bits per heavy atom. The summed E-state index contributed by atoms with van der Waals surface area (Å²) in [5, 5.41) is 8.50. The minimum Gasteiger partial charge on any atom is -0.481 e. The molecule has 0 amide bonds. The monoisotopic (exact) mass is 220 g/mol. The van der Waals surface area contributed by atoms with Crippen LogP contribution in [0.25, 0.3) is 0 Å². The highest BCUT2D eigenvalue weighted by atomic mass is 16.4. The predicted molar refractivity (Wildman–Crippen MR) is 65.7 cm³/mol. The summed E-state index contributed by atoms with van der Waals surface area (Å²) in [5.41, 5.74) is 3.98. The molecule has 1 rings (SSSR count). The van der Waals surface area contributed by atoms with Gasteiger partial charge in [-0.25, -0.2) is 0 Å². The van der Waals surface area contributed by atoms with Crippen LogP contribution in [0.3, 0.4) is 0 Å². The van der Waals surface area contributed by atoms with Crippen LogP contribution in [0, 0.1) is 13.8 Å². The minimum absolute atomic E-state index is 0.298. The van der Waals surface area contributed by atoms with Crippen LogP contribution in [0.2, 0.25) is 0 Å². The zero-order valence-electron chi connectivity index (χ0n) is 10.1. The maximum absolute atomic E-state index is 10.3. The number of aliphatic carboxylic acids is 1. The standard InChI is InChI=1S/C14H20O2/c1-11-8-12(2)10-13(9-11)6-4-3-5-7-14(15)16/h8-10H,3-7H2,1-2H3,(H,15,16). The second-order valence-corrected chi connectivity index (χ2v) is 4.45. The van der Waals surface area contributed by atoms with Crippen molar-refractivity contribution in [2.24, 2.45) is 0 Å². The van der Waals surface area contributed by atoms with Gasteiger partial charge in [-0.1, -0.05) is 35.7 Å². The highest BCUT2D eigenvalue weighted by molar-refractivity contribution is 5.66. The number of carboxylic acid groups (broad SMARTS) is 1. The van der Waals surface area contributed by atoms with Crippen molar-refractivity contribution < 1.29 is 9.90 Å². The molecule has 1 aromatic rings. The van der Waals surface area contributed by atoms with E-state index < -0.39 is 5.97 Å². The molecule has 0 bridgehead atoms. The third-order valence-corrected chi connectivity index (χ3v) is 2.64. The van der Waals surface area contributed by atoms with Gasteiger partial charge in [0.1, 0.15) is 0 Å². The minimum atomic E-state index is -0.689. The van der Waals surface area contributed by atoms with E-state index in [1.165, 1.54) is 16.7 Å². The first-order valence-electron chi connectivity index (χ1n) is 5.87. The lowest BCUT2D eigenvalue weighted by Gasteiger charge is -2.04. The van der Waals surface area contributed by atoms with Gasteiger partial charge in [0.2, 0.25) is 0 Å². The highest BCUT2D eigenvalue weighted by Crippen LogP contribution is 2.12. The lowest BCUT2D eigenvalue weighted by atomic mass is 10.0. The molecule has 0 saturated carbocycles. The number of rotatable bonds is 6. The number of hydrogen-bond acceptors (Lipinski definition) is 1. The van der Waals surface area contributed by atoms with E-state index >= 15 is 0 Å². The maximum atomic E-state index is 10.3. The van der Waals surface area contributed by atoms with Crippen molar-refractivity contribution in [1.82, 2.24) is 0 Å². The van der Waals surface area contributed by atoms with Gasteiger partial charge in [-0.15, -0.1) is 0 Å². The zero-order chi connectivity index (χ0) is 12.0. The fraction of sp³-hybridized carbons (Fsp3) is 0.500. The summed E-state index contributed by atoms with van der Waals surface area (Å²) in [5.74, 6) is -0.689. The Kier molecular flexibility index (Phi) is 5.03. The molecule has 0 fully saturated rings. The average Bonchev–Trinajstić information content (AvgIpc) is 2.15. The van der Waals surface area contributed by atoms with Gasteiger partial charge in [0.25, 0.3) is 0 Å². The molecule has 2 heteroatoms. The maximum Gasteiger partial charge on any atom is 0.303 e. The summed E-state index contributed by atoms with van der Waals surface area (Å²) in [7, 11) is 0. The third-order valence-electron chi connectivity index (χ3n) is 2.64. The molecule has 0 spiro atoms. The van der Waals surface area contributed by atoms with Crippen molar-refractivity contribution in [2.75, 3.05) is 0 Å². The highest BCUT2D eigenvalue weighted by Gasteiger charge is 1.99. The molecule has 0 aliphatic carbocycles. The molecule has 0 saturated heterocycles. The van der Waals surface area contributed by atoms with E-state index in [1.54, 1.807) is 0 Å². The van der Waals surface area contributed by atoms with Gasteiger partial charge in [-0.3, -0.25) is 4.79 Å². The number of carbonyl (C=O) groups is 1. The van der Waals surface area contributed by atoms with Crippen LogP contribution in [0.5, 0.6) is 0 Å². The van der Waals surface area contributed by atoms with Crippen molar-refractivity contribution in [3.63, 3.8) is 0 Å². The molecule has 88 valence electrons. The Labute approximate surface area is 97.3 Å². The van der Waals surface area contributed by atoms with E-state index in [1.807, 2.05) is 0 Å². The number of benzene rings is 1. The number of hydrogen-bond donors (Lipinski definition) is 1. The van der Waals surface area contributed by atoms with Gasteiger partial charge in [-0.2, -0.15) is 0 Å². The van der Waals surface area contributed by atoms with E-state index in [-0.39, 0.29) is 0 Å². The Bertz CT molecular complexity index is 336. The average molecular weight is 220 g/mol. The summed E-state index contributed by atoms with van der Waals surface area (Å²) in [4.78, 5) is 10.3. The zero-order valence-corrected chi connectivity index (χ0v) is 10.1. The van der Waals surface area contributed by atoms with Crippen molar-refractivity contribution in [3.8, 4) is 0 Å². The van der Waals surface area contributed by atoms with Gasteiger partial charge in [0.05, 0.1) is 0 Å². The molecule has 0 radical (unpaired) electrons. The smallest absolute Gasteiger partial charge is 0.303 e. The van der Waals surface area contributed by atoms with E-state index in [9.17, 15) is 4.79 Å². The molecule has 1 N–H and O–H groups in total. The number of aryl methyl sites for hydroxylation is 3. The second-order valence-electron chi connectivity index (χ2n) is 4.45. The lowest BCUT2D eigenvalue weighted by molar-refractivity contribution is -0.137. The van der Waals surface area contributed by atoms with Crippen molar-refractivity contribution in [1.29, 1.82) is 0 Å². The molecule has 1 aromatic carbocycles. The largest absolute Gasteiger partial charge is 0.481 e. The fourth-order valence-corrected chi connectivity index (χ4v) is 2.00. The molecule has 0 aliphatic rings. The van der Waals surface area contributed by atoms with E-state index in [2.05, 4.69) is 32.0 Å². The van der Waals surface area contributed by atoms with Crippen LogP contribution in [0.1, 0.15) is 42.4 Å². The molecule has 0 heterocycles. The molecular weight excluding hydrogens is 200 g/mol. The molecule has 2 nitrogen and oxygen atoms in total. The van der Waals surface area contributed by atoms with Gasteiger partial charge in [0.15, 0.2) is 0 Å². The molecular formula is C14H20O2. The summed E-state index contributed by atoms with van der Waals surface area (Å²) in [6.07, 6.45) is 4.23. The Morgan fingerprint density at radius 2 is 1.69 bits per heavy atom. The topological polar surface area (TPSA) is 37.3 Å². The summed E-state index contributed by atoms with van der Waals surface area (Å²) in [6.45, 7) is 4.22. The molecule has 0 unspecified atom stereocenters. The summed E-state index contributed by atoms with van der Waals surface area (Å²) in [6, 6.07) is 6.60. The predicted octanol–water partition coefficient (Wildman–Crippen LogP) is 3.49. The van der Waals surface area contributed by atoms with Gasteiger partial charge in [-0.05, 0) is 38.7 Å². The first kappa shape index (κ1) is 12.8. The second kappa shape index (κ2) is 6.31. The Morgan fingerprint density at radius 3 is 2.25 bits per heavy atom. The quantitative estimate of drug-likeness (QED) is 0.745. The first-order chi connectivity index (χ1) is 7.58. The Balaban J connectivity index is 2.29. The van der Waals surface area contributed by atoms with Gasteiger partial charge < -0.3 is 5.11 Å². The van der Waals surface area contributed by atoms with Crippen LogP contribution in [-0.2, 0) is 11.2 Å². The molecule has 0 aromatic heterocycles. The van der Waals surface area contributed by atoms with Crippen LogP contribution in [0.15, 0.2) is 18.2 Å². The van der Waals surface area contributed by atoms with E-state index in [0.717, 1.165) is 25.7 Å². The van der Waals surface area contributed by atoms with Crippen LogP contribution in [0.4, 0.5) is 0 Å². The van der Waals surface area contributed by atoms with Gasteiger partial charge >= 0.3 is 5.97 Å². The number of carboxylic acids is 1. The molecule has 0 aliphatic heterocycles. The van der Waals surface area contributed by atoms with Crippen LogP contribution in [-0.4, -0.2) is 11.1 Å². The molecule has 16 heavy (non-hydrogen) atoms.